The normalized spacial score (nSPS) is 10.0. The maximum absolute atomic E-state index is 12.2. The van der Waals surface area contributed by atoms with Crippen LogP contribution in [0.4, 0.5) is 5.69 Å². The molecule has 2 aromatic carbocycles. The van der Waals surface area contributed by atoms with E-state index in [1.165, 1.54) is 20.3 Å². The number of ether oxygens (including phenoxy) is 2. The quantitative estimate of drug-likeness (QED) is 0.642. The number of hydrogen-bond donors (Lipinski definition) is 3. The predicted molar refractivity (Wildman–Crippen MR) is 99.8 cm³/mol. The first-order chi connectivity index (χ1) is 12.9. The Morgan fingerprint density at radius 2 is 1.63 bits per heavy atom. The second kappa shape index (κ2) is 9.23. The van der Waals surface area contributed by atoms with Crippen LogP contribution < -0.4 is 25.8 Å². The van der Waals surface area contributed by atoms with E-state index in [1.54, 1.807) is 36.4 Å². The lowest BCUT2D eigenvalue weighted by atomic mass is 10.1. The van der Waals surface area contributed by atoms with Crippen LogP contribution in [0.2, 0.25) is 0 Å². The molecule has 0 saturated heterocycles. The highest BCUT2D eigenvalue weighted by Gasteiger charge is 2.12. The molecule has 27 heavy (non-hydrogen) atoms. The fraction of sp³-hybridized carbons (Fsp3) is 0.211. The standard InChI is InChI=1S/C19H21N3O5/c1-26-15-8-5-13(10-16(15)27-2)19(25)21-11-18(24)22-14-6-3-12(4-7-14)9-17(20)23/h3-8,10H,9,11H2,1-2H3,(H2,20,23)(H,21,25)(H,22,24). The van der Waals surface area contributed by atoms with E-state index < -0.39 is 11.8 Å². The molecule has 8 heteroatoms. The number of anilines is 1. The van der Waals surface area contributed by atoms with E-state index >= 15 is 0 Å². The Balaban J connectivity index is 1.89. The van der Waals surface area contributed by atoms with Crippen molar-refractivity contribution in [3.8, 4) is 11.5 Å². The number of carbonyl (C=O) groups excluding carboxylic acids is 3. The average Bonchev–Trinajstić information content (AvgIpc) is 2.66. The van der Waals surface area contributed by atoms with Gasteiger partial charge in [0.25, 0.3) is 5.91 Å². The van der Waals surface area contributed by atoms with Crippen LogP contribution in [0.3, 0.4) is 0 Å². The zero-order valence-corrected chi connectivity index (χ0v) is 15.1. The van der Waals surface area contributed by atoms with Crippen LogP contribution in [0.5, 0.6) is 11.5 Å². The minimum atomic E-state index is -0.426. The van der Waals surface area contributed by atoms with Crippen molar-refractivity contribution in [2.45, 2.75) is 6.42 Å². The molecule has 4 N–H and O–H groups in total. The van der Waals surface area contributed by atoms with Crippen molar-refractivity contribution in [2.75, 3.05) is 26.1 Å². The first-order valence-corrected chi connectivity index (χ1v) is 8.10. The summed E-state index contributed by atoms with van der Waals surface area (Å²) in [5, 5.41) is 5.19. The van der Waals surface area contributed by atoms with E-state index in [0.29, 0.717) is 22.7 Å². The Morgan fingerprint density at radius 1 is 0.963 bits per heavy atom. The van der Waals surface area contributed by atoms with Gasteiger partial charge in [-0.1, -0.05) is 12.1 Å². The van der Waals surface area contributed by atoms with Crippen molar-refractivity contribution in [1.29, 1.82) is 0 Å². The van der Waals surface area contributed by atoms with E-state index in [0.717, 1.165) is 5.56 Å². The number of hydrogen-bond acceptors (Lipinski definition) is 5. The van der Waals surface area contributed by atoms with Crippen molar-refractivity contribution in [3.05, 3.63) is 53.6 Å². The van der Waals surface area contributed by atoms with E-state index in [9.17, 15) is 14.4 Å². The second-order valence-electron chi connectivity index (χ2n) is 5.64. The van der Waals surface area contributed by atoms with E-state index in [1.807, 2.05) is 0 Å². The van der Waals surface area contributed by atoms with Gasteiger partial charge in [-0.15, -0.1) is 0 Å². The third-order valence-electron chi connectivity index (χ3n) is 3.67. The van der Waals surface area contributed by atoms with Crippen LogP contribution in [0.15, 0.2) is 42.5 Å². The van der Waals surface area contributed by atoms with Gasteiger partial charge >= 0.3 is 0 Å². The van der Waals surface area contributed by atoms with Gasteiger partial charge in [-0.3, -0.25) is 14.4 Å². The molecule has 0 bridgehead atoms. The Kier molecular flexibility index (Phi) is 6.76. The van der Waals surface area contributed by atoms with Gasteiger partial charge in [0, 0.05) is 11.3 Å². The Hall–Kier alpha value is -3.55. The number of methoxy groups -OCH3 is 2. The van der Waals surface area contributed by atoms with Gasteiger partial charge in [0.05, 0.1) is 27.2 Å². The highest BCUT2D eigenvalue weighted by Crippen LogP contribution is 2.27. The van der Waals surface area contributed by atoms with Gasteiger partial charge in [0.1, 0.15) is 0 Å². The molecule has 0 aliphatic heterocycles. The predicted octanol–water partition coefficient (Wildman–Crippen LogP) is 1.10. The second-order valence-corrected chi connectivity index (χ2v) is 5.64. The molecule has 8 nitrogen and oxygen atoms in total. The highest BCUT2D eigenvalue weighted by molar-refractivity contribution is 5.99. The summed E-state index contributed by atoms with van der Waals surface area (Å²) < 4.78 is 10.3. The van der Waals surface area contributed by atoms with Gasteiger partial charge < -0.3 is 25.8 Å². The molecule has 0 saturated carbocycles. The monoisotopic (exact) mass is 371 g/mol. The van der Waals surface area contributed by atoms with E-state index in [2.05, 4.69) is 10.6 Å². The van der Waals surface area contributed by atoms with Crippen LogP contribution >= 0.6 is 0 Å². The number of carbonyl (C=O) groups is 3. The van der Waals surface area contributed by atoms with Crippen LogP contribution in [0.25, 0.3) is 0 Å². The molecular weight excluding hydrogens is 350 g/mol. The molecule has 0 aliphatic rings. The first kappa shape index (κ1) is 19.8. The van der Waals surface area contributed by atoms with Crippen LogP contribution in [0, 0.1) is 0 Å². The molecule has 0 heterocycles. The topological polar surface area (TPSA) is 120 Å². The van der Waals surface area contributed by atoms with E-state index in [4.69, 9.17) is 15.2 Å². The molecule has 0 fully saturated rings. The van der Waals surface area contributed by atoms with Crippen molar-refractivity contribution in [2.24, 2.45) is 5.73 Å². The van der Waals surface area contributed by atoms with Crippen LogP contribution in [-0.4, -0.2) is 38.5 Å². The molecule has 0 unspecified atom stereocenters. The van der Waals surface area contributed by atoms with Crippen molar-refractivity contribution in [1.82, 2.24) is 5.32 Å². The largest absolute Gasteiger partial charge is 0.493 e. The fourth-order valence-electron chi connectivity index (χ4n) is 2.35. The molecule has 142 valence electrons. The number of benzene rings is 2. The van der Waals surface area contributed by atoms with Gasteiger partial charge in [0.2, 0.25) is 11.8 Å². The number of rotatable bonds is 8. The van der Waals surface area contributed by atoms with Crippen molar-refractivity contribution < 1.29 is 23.9 Å². The maximum atomic E-state index is 12.2. The summed E-state index contributed by atoms with van der Waals surface area (Å²) in [7, 11) is 2.98. The Bertz CT molecular complexity index is 834. The molecule has 0 radical (unpaired) electrons. The maximum Gasteiger partial charge on any atom is 0.251 e. The smallest absolute Gasteiger partial charge is 0.251 e. The number of amides is 3. The van der Waals surface area contributed by atoms with Crippen LogP contribution in [0.1, 0.15) is 15.9 Å². The molecule has 0 aromatic heterocycles. The third-order valence-corrected chi connectivity index (χ3v) is 3.67. The average molecular weight is 371 g/mol. The zero-order chi connectivity index (χ0) is 19.8. The lowest BCUT2D eigenvalue weighted by Crippen LogP contribution is -2.32. The minimum absolute atomic E-state index is 0.135. The number of primary amides is 1. The van der Waals surface area contributed by atoms with Crippen LogP contribution in [-0.2, 0) is 16.0 Å². The lowest BCUT2D eigenvalue weighted by molar-refractivity contribution is -0.117. The Morgan fingerprint density at radius 3 is 2.22 bits per heavy atom. The molecule has 0 spiro atoms. The first-order valence-electron chi connectivity index (χ1n) is 8.10. The van der Waals surface area contributed by atoms with Gasteiger partial charge in [-0.25, -0.2) is 0 Å². The molecular formula is C19H21N3O5. The van der Waals surface area contributed by atoms with Crippen molar-refractivity contribution in [3.63, 3.8) is 0 Å². The molecule has 0 atom stereocenters. The van der Waals surface area contributed by atoms with Gasteiger partial charge in [0.15, 0.2) is 11.5 Å². The summed E-state index contributed by atoms with van der Waals surface area (Å²) in [4.78, 5) is 35.0. The fourth-order valence-corrected chi connectivity index (χ4v) is 2.35. The number of nitrogens with two attached hydrogens (primary N) is 1. The summed E-state index contributed by atoms with van der Waals surface area (Å²) in [5.41, 5.74) is 6.78. The van der Waals surface area contributed by atoms with Gasteiger partial charge in [-0.2, -0.15) is 0 Å². The summed E-state index contributed by atoms with van der Waals surface area (Å²) >= 11 is 0. The van der Waals surface area contributed by atoms with E-state index in [-0.39, 0.29) is 18.9 Å². The Labute approximate surface area is 156 Å². The summed E-state index contributed by atoms with van der Waals surface area (Å²) in [5.74, 6) is -0.295. The lowest BCUT2D eigenvalue weighted by Gasteiger charge is -2.10. The van der Waals surface area contributed by atoms with Gasteiger partial charge in [-0.05, 0) is 35.9 Å². The molecule has 0 aliphatic carbocycles. The summed E-state index contributed by atoms with van der Waals surface area (Å²) in [6.07, 6.45) is 0.135. The zero-order valence-electron chi connectivity index (χ0n) is 15.1. The molecule has 3 amide bonds. The third kappa shape index (κ3) is 5.74. The molecule has 2 aromatic rings. The summed E-state index contributed by atoms with van der Waals surface area (Å²) in [6, 6.07) is 11.4. The minimum Gasteiger partial charge on any atom is -0.493 e. The summed E-state index contributed by atoms with van der Waals surface area (Å²) in [6.45, 7) is -0.198. The SMILES string of the molecule is COc1ccc(C(=O)NCC(=O)Nc2ccc(CC(N)=O)cc2)cc1OC. The number of nitrogens with one attached hydrogen (secondary N) is 2. The highest BCUT2D eigenvalue weighted by atomic mass is 16.5. The van der Waals surface area contributed by atoms with Crippen molar-refractivity contribution >= 4 is 23.4 Å². The molecule has 2 rings (SSSR count).